The zero-order valence-electron chi connectivity index (χ0n) is 29.4. The van der Waals surface area contributed by atoms with Crippen LogP contribution >= 0.6 is 0 Å². The standard InChI is InChI=1S/C51H34N2O/c1-4-12-35(13-5-1)37-20-23-40(24-21-37)51-52-48-32-28-39-22-25-41(34-47(39)50(48)54-51)44-31-33-49(46-19-11-10-18-45(44)46)53(42-16-8-3-9-17-42)43-29-26-38(27-30-43)36-14-6-2-7-15-36/h1-34H. The van der Waals surface area contributed by atoms with Crippen LogP contribution in [-0.2, 0) is 0 Å². The van der Waals surface area contributed by atoms with Gasteiger partial charge in [-0.05, 0) is 98.8 Å². The molecule has 254 valence electrons. The van der Waals surface area contributed by atoms with E-state index in [4.69, 9.17) is 9.40 Å². The van der Waals surface area contributed by atoms with Crippen LogP contribution in [0.1, 0.15) is 0 Å². The van der Waals surface area contributed by atoms with E-state index in [1.807, 2.05) is 6.07 Å². The quantitative estimate of drug-likeness (QED) is 0.167. The second kappa shape index (κ2) is 13.4. The number of oxazole rings is 1. The summed E-state index contributed by atoms with van der Waals surface area (Å²) in [7, 11) is 0. The van der Waals surface area contributed by atoms with Gasteiger partial charge in [-0.2, -0.15) is 0 Å². The monoisotopic (exact) mass is 690 g/mol. The van der Waals surface area contributed by atoms with Crippen LogP contribution < -0.4 is 4.90 Å². The normalized spacial score (nSPS) is 11.3. The Hall–Kier alpha value is -7.23. The lowest BCUT2D eigenvalue weighted by atomic mass is 9.94. The minimum Gasteiger partial charge on any atom is -0.435 e. The Morgan fingerprint density at radius 2 is 0.889 bits per heavy atom. The minimum atomic E-state index is 0.620. The number of aromatic nitrogens is 1. The molecule has 0 amide bonds. The van der Waals surface area contributed by atoms with E-state index in [1.165, 1.54) is 27.5 Å². The molecule has 0 atom stereocenters. The van der Waals surface area contributed by atoms with E-state index in [1.54, 1.807) is 0 Å². The van der Waals surface area contributed by atoms with Gasteiger partial charge in [-0.1, -0.05) is 152 Å². The van der Waals surface area contributed by atoms with Crippen LogP contribution in [0.2, 0.25) is 0 Å². The lowest BCUT2D eigenvalue weighted by molar-refractivity contribution is 0.623. The first-order valence-electron chi connectivity index (χ1n) is 18.3. The van der Waals surface area contributed by atoms with Gasteiger partial charge in [-0.25, -0.2) is 4.98 Å². The van der Waals surface area contributed by atoms with Crippen molar-refractivity contribution in [3.8, 4) is 44.8 Å². The van der Waals surface area contributed by atoms with Crippen LogP contribution in [-0.4, -0.2) is 4.98 Å². The molecule has 0 fully saturated rings. The molecule has 0 bridgehead atoms. The Bertz CT molecular complexity index is 2900. The summed E-state index contributed by atoms with van der Waals surface area (Å²) in [6.07, 6.45) is 0. The van der Waals surface area contributed by atoms with Gasteiger partial charge in [0.05, 0.1) is 5.69 Å². The number of rotatable bonds is 7. The summed E-state index contributed by atoms with van der Waals surface area (Å²) in [6.45, 7) is 0. The predicted molar refractivity (Wildman–Crippen MR) is 225 cm³/mol. The Morgan fingerprint density at radius 3 is 1.57 bits per heavy atom. The van der Waals surface area contributed by atoms with E-state index in [0.29, 0.717) is 5.89 Å². The van der Waals surface area contributed by atoms with Crippen molar-refractivity contribution in [1.29, 1.82) is 0 Å². The first-order chi connectivity index (χ1) is 26.8. The summed E-state index contributed by atoms with van der Waals surface area (Å²) in [5.74, 6) is 0.620. The molecular weight excluding hydrogens is 657 g/mol. The SMILES string of the molecule is c1ccc(-c2ccc(-c3nc4ccc5ccc(-c6ccc(N(c7ccccc7)c7ccc(-c8ccccc8)cc7)c7ccccc67)cc5c4o3)cc2)cc1. The van der Waals surface area contributed by atoms with Crippen molar-refractivity contribution in [2.24, 2.45) is 0 Å². The topological polar surface area (TPSA) is 29.3 Å². The number of nitrogens with zero attached hydrogens (tertiary/aromatic N) is 2. The second-order valence-corrected chi connectivity index (χ2v) is 13.6. The highest BCUT2D eigenvalue weighted by molar-refractivity contribution is 6.09. The molecule has 10 aromatic rings. The van der Waals surface area contributed by atoms with Gasteiger partial charge in [0.25, 0.3) is 0 Å². The molecule has 10 rings (SSSR count). The molecule has 1 aromatic heterocycles. The molecule has 0 aliphatic carbocycles. The van der Waals surface area contributed by atoms with Crippen molar-refractivity contribution in [2.75, 3.05) is 4.90 Å². The van der Waals surface area contributed by atoms with Crippen LogP contribution in [0.3, 0.4) is 0 Å². The van der Waals surface area contributed by atoms with Gasteiger partial charge in [-0.15, -0.1) is 0 Å². The van der Waals surface area contributed by atoms with Crippen molar-refractivity contribution in [2.45, 2.75) is 0 Å². The molecule has 1 heterocycles. The zero-order valence-corrected chi connectivity index (χ0v) is 29.4. The van der Waals surface area contributed by atoms with Crippen molar-refractivity contribution in [1.82, 2.24) is 4.98 Å². The molecule has 0 saturated heterocycles. The van der Waals surface area contributed by atoms with Crippen LogP contribution in [0.4, 0.5) is 17.1 Å². The van der Waals surface area contributed by atoms with Gasteiger partial charge in [0.15, 0.2) is 5.58 Å². The van der Waals surface area contributed by atoms with Gasteiger partial charge >= 0.3 is 0 Å². The molecule has 0 saturated carbocycles. The molecule has 0 aliphatic heterocycles. The van der Waals surface area contributed by atoms with Crippen LogP contribution in [0.5, 0.6) is 0 Å². The maximum Gasteiger partial charge on any atom is 0.227 e. The number of hydrogen-bond donors (Lipinski definition) is 0. The molecule has 0 N–H and O–H groups in total. The molecule has 0 radical (unpaired) electrons. The highest BCUT2D eigenvalue weighted by Gasteiger charge is 2.18. The second-order valence-electron chi connectivity index (χ2n) is 13.6. The average Bonchev–Trinajstić information content (AvgIpc) is 3.70. The molecule has 0 spiro atoms. The van der Waals surface area contributed by atoms with Crippen molar-refractivity contribution in [3.63, 3.8) is 0 Å². The van der Waals surface area contributed by atoms with E-state index in [-0.39, 0.29) is 0 Å². The van der Waals surface area contributed by atoms with Gasteiger partial charge in [-0.3, -0.25) is 0 Å². The smallest absolute Gasteiger partial charge is 0.227 e. The number of fused-ring (bicyclic) bond motifs is 4. The third-order valence-electron chi connectivity index (χ3n) is 10.3. The highest BCUT2D eigenvalue weighted by Crippen LogP contribution is 2.43. The molecule has 3 nitrogen and oxygen atoms in total. The van der Waals surface area contributed by atoms with Crippen LogP contribution in [0.15, 0.2) is 211 Å². The summed E-state index contributed by atoms with van der Waals surface area (Å²) in [5, 5.41) is 4.51. The number of para-hydroxylation sites is 1. The highest BCUT2D eigenvalue weighted by atomic mass is 16.3. The third kappa shape index (κ3) is 5.69. The Balaban J connectivity index is 1.06. The first kappa shape index (κ1) is 31.5. The maximum absolute atomic E-state index is 6.56. The van der Waals surface area contributed by atoms with Gasteiger partial charge in [0, 0.05) is 27.7 Å². The van der Waals surface area contributed by atoms with Gasteiger partial charge in [0.1, 0.15) is 5.52 Å². The van der Waals surface area contributed by atoms with E-state index in [2.05, 4.69) is 205 Å². The fraction of sp³-hybridized carbons (Fsp3) is 0. The summed E-state index contributed by atoms with van der Waals surface area (Å²) in [6, 6.07) is 72.9. The third-order valence-corrected chi connectivity index (χ3v) is 10.3. The molecule has 3 heteroatoms. The largest absolute Gasteiger partial charge is 0.435 e. The summed E-state index contributed by atoms with van der Waals surface area (Å²) in [4.78, 5) is 7.28. The van der Waals surface area contributed by atoms with Gasteiger partial charge in [0.2, 0.25) is 5.89 Å². The van der Waals surface area contributed by atoms with Crippen molar-refractivity contribution >= 4 is 49.7 Å². The lowest BCUT2D eigenvalue weighted by Crippen LogP contribution is -2.10. The number of anilines is 3. The molecule has 9 aromatic carbocycles. The predicted octanol–water partition coefficient (Wildman–Crippen LogP) is 14.3. The molecular formula is C51H34N2O. The van der Waals surface area contributed by atoms with Crippen LogP contribution in [0.25, 0.3) is 77.5 Å². The van der Waals surface area contributed by atoms with E-state index < -0.39 is 0 Å². The summed E-state index contributed by atoms with van der Waals surface area (Å²) >= 11 is 0. The van der Waals surface area contributed by atoms with Crippen molar-refractivity contribution in [3.05, 3.63) is 206 Å². The van der Waals surface area contributed by atoms with Crippen LogP contribution in [0, 0.1) is 0 Å². The fourth-order valence-electron chi connectivity index (χ4n) is 7.60. The maximum atomic E-state index is 6.56. The molecule has 54 heavy (non-hydrogen) atoms. The summed E-state index contributed by atoms with van der Waals surface area (Å²) in [5.41, 5.74) is 13.0. The van der Waals surface area contributed by atoms with E-state index >= 15 is 0 Å². The van der Waals surface area contributed by atoms with Crippen molar-refractivity contribution < 1.29 is 4.42 Å². The zero-order chi connectivity index (χ0) is 35.8. The summed E-state index contributed by atoms with van der Waals surface area (Å²) < 4.78 is 6.56. The number of benzene rings is 9. The van der Waals surface area contributed by atoms with Gasteiger partial charge < -0.3 is 9.32 Å². The Morgan fingerprint density at radius 1 is 0.370 bits per heavy atom. The average molecular weight is 691 g/mol. The minimum absolute atomic E-state index is 0.620. The fourth-order valence-corrected chi connectivity index (χ4v) is 7.60. The Kier molecular flexibility index (Phi) is 7.81. The van der Waals surface area contributed by atoms with E-state index in [9.17, 15) is 0 Å². The molecule has 0 unspecified atom stereocenters. The number of hydrogen-bond acceptors (Lipinski definition) is 3. The first-order valence-corrected chi connectivity index (χ1v) is 18.3. The Labute approximate surface area is 314 Å². The lowest BCUT2D eigenvalue weighted by Gasteiger charge is -2.27. The van der Waals surface area contributed by atoms with E-state index in [0.717, 1.165) is 61.2 Å². The molecule has 0 aliphatic rings.